The molecule has 1 saturated carbocycles. The molecule has 1 N–H and O–H groups in total. The van der Waals surface area contributed by atoms with Crippen molar-refractivity contribution in [2.24, 2.45) is 0 Å². The molecule has 0 unspecified atom stereocenters. The second-order valence-electron chi connectivity index (χ2n) is 7.01. The number of aryl methyl sites for hydroxylation is 1. The lowest BCUT2D eigenvalue weighted by Crippen LogP contribution is -2.31. The Morgan fingerprint density at radius 3 is 2.71 bits per heavy atom. The molecule has 144 valence electrons. The third-order valence-electron chi connectivity index (χ3n) is 5.03. The predicted molar refractivity (Wildman–Crippen MR) is 102 cm³/mol. The molecule has 2 heterocycles. The molecule has 0 aliphatic heterocycles. The van der Waals surface area contributed by atoms with Crippen molar-refractivity contribution in [3.05, 3.63) is 69.5 Å². The van der Waals surface area contributed by atoms with Gasteiger partial charge in [-0.05, 0) is 43.5 Å². The Morgan fingerprint density at radius 1 is 1.25 bits per heavy atom. The normalized spacial score (nSPS) is 13.9. The number of nitrogens with zero attached hydrogens (tertiary/aromatic N) is 2. The van der Waals surface area contributed by atoms with Gasteiger partial charge in [0, 0.05) is 24.4 Å². The van der Waals surface area contributed by atoms with Crippen molar-refractivity contribution in [1.82, 2.24) is 15.5 Å². The van der Waals surface area contributed by atoms with E-state index in [0.717, 1.165) is 24.8 Å². The van der Waals surface area contributed by atoms with Gasteiger partial charge in [0.1, 0.15) is 11.3 Å². The minimum Gasteiger partial charge on any atom is -0.427 e. The van der Waals surface area contributed by atoms with E-state index < -0.39 is 11.5 Å². The van der Waals surface area contributed by atoms with Gasteiger partial charge in [0.25, 0.3) is 11.8 Å². The number of nitrogens with one attached hydrogen (secondary N) is 1. The van der Waals surface area contributed by atoms with Crippen molar-refractivity contribution < 1.29 is 13.7 Å². The molecule has 1 aliphatic rings. The minimum absolute atomic E-state index is 0.0566. The van der Waals surface area contributed by atoms with Crippen LogP contribution >= 0.6 is 0 Å². The van der Waals surface area contributed by atoms with Crippen molar-refractivity contribution in [3.63, 3.8) is 0 Å². The second kappa shape index (κ2) is 7.80. The standard InChI is InChI=1S/C21H21N3O4/c1-13-12-16(14-8-5-9-14)27-21(26)18(13)19(25)22-11-10-17-23-20(28-24-17)15-6-3-2-4-7-15/h2-4,6-7,12,14H,5,8-11H2,1H3,(H,22,25). The summed E-state index contributed by atoms with van der Waals surface area (Å²) in [4.78, 5) is 29.0. The number of benzene rings is 1. The number of carbonyl (C=O) groups is 1. The van der Waals surface area contributed by atoms with Crippen LogP contribution in [0.4, 0.5) is 0 Å². The van der Waals surface area contributed by atoms with E-state index in [1.807, 2.05) is 36.4 Å². The molecule has 7 nitrogen and oxygen atoms in total. The van der Waals surface area contributed by atoms with Crippen LogP contribution in [0.2, 0.25) is 0 Å². The van der Waals surface area contributed by atoms with Crippen LogP contribution in [0.25, 0.3) is 11.5 Å². The third-order valence-corrected chi connectivity index (χ3v) is 5.03. The van der Waals surface area contributed by atoms with Crippen LogP contribution in [-0.2, 0) is 6.42 Å². The van der Waals surface area contributed by atoms with Gasteiger partial charge in [-0.25, -0.2) is 4.79 Å². The van der Waals surface area contributed by atoms with Crippen LogP contribution in [0.3, 0.4) is 0 Å². The molecule has 7 heteroatoms. The molecule has 1 aromatic carbocycles. The van der Waals surface area contributed by atoms with Crippen LogP contribution in [0.5, 0.6) is 0 Å². The Hall–Kier alpha value is -3.22. The minimum atomic E-state index is -0.578. The Bertz CT molecular complexity index is 1040. The molecule has 1 amide bonds. The van der Waals surface area contributed by atoms with E-state index >= 15 is 0 Å². The fourth-order valence-electron chi connectivity index (χ4n) is 3.23. The maximum atomic E-state index is 12.4. The van der Waals surface area contributed by atoms with Crippen molar-refractivity contribution in [2.75, 3.05) is 6.54 Å². The monoisotopic (exact) mass is 379 g/mol. The average Bonchev–Trinajstić information content (AvgIpc) is 3.09. The van der Waals surface area contributed by atoms with Crippen LogP contribution in [-0.4, -0.2) is 22.6 Å². The average molecular weight is 379 g/mol. The molecule has 0 saturated heterocycles. The first-order chi connectivity index (χ1) is 13.6. The smallest absolute Gasteiger partial charge is 0.349 e. The summed E-state index contributed by atoms with van der Waals surface area (Å²) in [5, 5.41) is 6.66. The molecule has 1 aliphatic carbocycles. The van der Waals surface area contributed by atoms with Gasteiger partial charge in [-0.15, -0.1) is 0 Å². The van der Waals surface area contributed by atoms with Gasteiger partial charge in [-0.2, -0.15) is 4.98 Å². The first kappa shape index (κ1) is 18.2. The second-order valence-corrected chi connectivity index (χ2v) is 7.01. The summed E-state index contributed by atoms with van der Waals surface area (Å²) >= 11 is 0. The topological polar surface area (TPSA) is 98.2 Å². The highest BCUT2D eigenvalue weighted by molar-refractivity contribution is 5.95. The Labute approximate surface area is 161 Å². The summed E-state index contributed by atoms with van der Waals surface area (Å²) in [6.45, 7) is 2.05. The van der Waals surface area contributed by atoms with Crippen molar-refractivity contribution in [3.8, 4) is 11.5 Å². The van der Waals surface area contributed by atoms with Gasteiger partial charge < -0.3 is 14.3 Å². The molecular formula is C21H21N3O4. The number of carbonyl (C=O) groups excluding carboxylic acids is 1. The number of rotatable bonds is 6. The number of aromatic nitrogens is 2. The SMILES string of the molecule is Cc1cc(C2CCC2)oc(=O)c1C(=O)NCCc1noc(-c2ccccc2)n1. The maximum absolute atomic E-state index is 12.4. The van der Waals surface area contributed by atoms with Gasteiger partial charge in [0.2, 0.25) is 0 Å². The molecule has 28 heavy (non-hydrogen) atoms. The van der Waals surface area contributed by atoms with Gasteiger partial charge in [0.15, 0.2) is 5.82 Å². The highest BCUT2D eigenvalue weighted by Gasteiger charge is 2.25. The molecule has 1 fully saturated rings. The number of hydrogen-bond donors (Lipinski definition) is 1. The highest BCUT2D eigenvalue weighted by Crippen LogP contribution is 2.36. The zero-order valence-electron chi connectivity index (χ0n) is 15.6. The van der Waals surface area contributed by atoms with Gasteiger partial charge in [-0.3, -0.25) is 4.79 Å². The quantitative estimate of drug-likeness (QED) is 0.706. The van der Waals surface area contributed by atoms with E-state index in [2.05, 4.69) is 15.5 Å². The van der Waals surface area contributed by atoms with Crippen LogP contribution in [0.15, 0.2) is 50.1 Å². The number of hydrogen-bond acceptors (Lipinski definition) is 6. The van der Waals surface area contributed by atoms with Crippen LogP contribution < -0.4 is 10.9 Å². The molecule has 3 aromatic rings. The summed E-state index contributed by atoms with van der Waals surface area (Å²) < 4.78 is 10.6. The molecule has 0 radical (unpaired) electrons. The van der Waals surface area contributed by atoms with Gasteiger partial charge >= 0.3 is 5.63 Å². The Kier molecular flexibility index (Phi) is 5.06. The summed E-state index contributed by atoms with van der Waals surface area (Å²) in [6, 6.07) is 11.3. The van der Waals surface area contributed by atoms with Gasteiger partial charge in [0.05, 0.1) is 0 Å². The lowest BCUT2D eigenvalue weighted by atomic mass is 9.83. The van der Waals surface area contributed by atoms with Gasteiger partial charge in [-0.1, -0.05) is 29.8 Å². The third kappa shape index (κ3) is 3.74. The van der Waals surface area contributed by atoms with E-state index in [9.17, 15) is 9.59 Å². The van der Waals surface area contributed by atoms with Crippen LogP contribution in [0.1, 0.15) is 52.7 Å². The van der Waals surface area contributed by atoms with E-state index in [1.54, 1.807) is 6.92 Å². The summed E-state index contributed by atoms with van der Waals surface area (Å²) in [5.74, 6) is 1.47. The summed E-state index contributed by atoms with van der Waals surface area (Å²) in [6.07, 6.45) is 3.61. The maximum Gasteiger partial charge on any atom is 0.349 e. The van der Waals surface area contributed by atoms with E-state index in [0.29, 0.717) is 35.4 Å². The lowest BCUT2D eigenvalue weighted by molar-refractivity contribution is 0.0948. The molecule has 2 aromatic heterocycles. The molecule has 0 bridgehead atoms. The lowest BCUT2D eigenvalue weighted by Gasteiger charge is -2.24. The van der Waals surface area contributed by atoms with Crippen molar-refractivity contribution in [1.29, 1.82) is 0 Å². The summed E-state index contributed by atoms with van der Waals surface area (Å²) in [5.41, 5.74) is 0.957. The Morgan fingerprint density at radius 2 is 2.04 bits per heavy atom. The molecule has 0 atom stereocenters. The fourth-order valence-corrected chi connectivity index (χ4v) is 3.23. The van der Waals surface area contributed by atoms with E-state index in [1.165, 1.54) is 0 Å². The summed E-state index contributed by atoms with van der Waals surface area (Å²) in [7, 11) is 0. The number of amides is 1. The van der Waals surface area contributed by atoms with Crippen molar-refractivity contribution in [2.45, 2.75) is 38.5 Å². The molecule has 0 spiro atoms. The molecule has 4 rings (SSSR count). The zero-order chi connectivity index (χ0) is 19.5. The molecular weight excluding hydrogens is 358 g/mol. The first-order valence-electron chi connectivity index (χ1n) is 9.42. The largest absolute Gasteiger partial charge is 0.427 e. The zero-order valence-corrected chi connectivity index (χ0v) is 15.6. The van der Waals surface area contributed by atoms with Crippen LogP contribution in [0, 0.1) is 6.92 Å². The fraction of sp³-hybridized carbons (Fsp3) is 0.333. The first-order valence-corrected chi connectivity index (χ1v) is 9.42. The Balaban J connectivity index is 1.37. The predicted octanol–water partition coefficient (Wildman–Crippen LogP) is 3.24. The van der Waals surface area contributed by atoms with E-state index in [4.69, 9.17) is 8.94 Å². The highest BCUT2D eigenvalue weighted by atomic mass is 16.5. The van der Waals surface area contributed by atoms with Crippen molar-refractivity contribution >= 4 is 5.91 Å². The van der Waals surface area contributed by atoms with E-state index in [-0.39, 0.29) is 12.1 Å².